The van der Waals surface area contributed by atoms with E-state index in [0.717, 1.165) is 10.5 Å². The quantitative estimate of drug-likeness (QED) is 0.638. The Labute approximate surface area is 130 Å². The van der Waals surface area contributed by atoms with E-state index >= 15 is 0 Å². The van der Waals surface area contributed by atoms with Crippen molar-refractivity contribution < 1.29 is 19.1 Å². The molecule has 1 fully saturated rings. The fourth-order valence-corrected chi connectivity index (χ4v) is 2.71. The van der Waals surface area contributed by atoms with Crippen molar-refractivity contribution >= 4 is 40.8 Å². The molecule has 1 aromatic rings. The Bertz CT molecular complexity index is 731. The minimum absolute atomic E-state index is 0.0911. The molecule has 1 saturated heterocycles. The highest BCUT2D eigenvalue weighted by Gasteiger charge is 2.55. The summed E-state index contributed by atoms with van der Waals surface area (Å²) in [6.45, 7) is 1.82. The second kappa shape index (κ2) is 5.10. The maximum Gasteiger partial charge on any atom is 0.355 e. The first-order valence-corrected chi connectivity index (χ1v) is 6.89. The molecular formula is C14H12ClN3O4. The number of hydrazone groups is 1. The molecule has 0 aromatic heterocycles. The van der Waals surface area contributed by atoms with E-state index in [0.29, 0.717) is 10.7 Å². The van der Waals surface area contributed by atoms with Crippen LogP contribution in [0.3, 0.4) is 0 Å². The van der Waals surface area contributed by atoms with Crippen molar-refractivity contribution in [3.63, 3.8) is 0 Å². The normalized spacial score (nSPS) is 23.2. The van der Waals surface area contributed by atoms with Gasteiger partial charge < -0.3 is 4.74 Å². The Kier molecular flexibility index (Phi) is 3.37. The number of halogens is 1. The van der Waals surface area contributed by atoms with Crippen molar-refractivity contribution in [2.45, 2.75) is 13.0 Å². The fourth-order valence-electron chi connectivity index (χ4n) is 2.54. The van der Waals surface area contributed by atoms with Crippen molar-refractivity contribution in [1.29, 1.82) is 0 Å². The van der Waals surface area contributed by atoms with E-state index in [1.54, 1.807) is 18.2 Å². The maximum atomic E-state index is 12.6. The molecule has 0 bridgehead atoms. The van der Waals surface area contributed by atoms with E-state index in [2.05, 4.69) is 15.3 Å². The van der Waals surface area contributed by atoms with Crippen LogP contribution in [0.1, 0.15) is 5.56 Å². The summed E-state index contributed by atoms with van der Waals surface area (Å²) < 4.78 is 4.59. The molecule has 3 rings (SSSR count). The number of imide groups is 1. The first-order chi connectivity index (χ1) is 10.5. The molecular weight excluding hydrogens is 310 g/mol. The van der Waals surface area contributed by atoms with Gasteiger partial charge in [0.25, 0.3) is 5.91 Å². The lowest BCUT2D eigenvalue weighted by molar-refractivity contribution is -0.133. The number of ether oxygens (including phenoxy) is 1. The van der Waals surface area contributed by atoms with Gasteiger partial charge in [-0.05, 0) is 24.6 Å². The predicted octanol–water partition coefficient (Wildman–Crippen LogP) is 0.639. The molecule has 2 aliphatic rings. The molecule has 2 amide bonds. The number of anilines is 1. The van der Waals surface area contributed by atoms with Crippen LogP contribution in [0.4, 0.5) is 5.69 Å². The number of rotatable bonds is 2. The van der Waals surface area contributed by atoms with Crippen LogP contribution in [0.25, 0.3) is 0 Å². The number of hydrogen-bond acceptors (Lipinski definition) is 6. The molecule has 114 valence electrons. The van der Waals surface area contributed by atoms with Gasteiger partial charge in [0.05, 0.1) is 12.8 Å². The molecule has 0 aliphatic carbocycles. The third kappa shape index (κ3) is 1.97. The summed E-state index contributed by atoms with van der Waals surface area (Å²) in [4.78, 5) is 37.7. The highest BCUT2D eigenvalue weighted by atomic mass is 35.5. The second-order valence-corrected chi connectivity index (χ2v) is 5.43. The van der Waals surface area contributed by atoms with Crippen LogP contribution in [0, 0.1) is 12.8 Å². The van der Waals surface area contributed by atoms with Gasteiger partial charge >= 0.3 is 5.97 Å². The highest BCUT2D eigenvalue weighted by Crippen LogP contribution is 2.32. The van der Waals surface area contributed by atoms with Gasteiger partial charge in [0, 0.05) is 5.02 Å². The predicted molar refractivity (Wildman–Crippen MR) is 78.5 cm³/mol. The number of methoxy groups -OCH3 is 1. The molecule has 2 heterocycles. The molecule has 0 unspecified atom stereocenters. The fraction of sp³-hybridized carbons (Fsp3) is 0.286. The second-order valence-electron chi connectivity index (χ2n) is 5.02. The Morgan fingerprint density at radius 1 is 1.36 bits per heavy atom. The third-order valence-electron chi connectivity index (χ3n) is 3.73. The molecule has 7 nitrogen and oxygen atoms in total. The average molecular weight is 322 g/mol. The van der Waals surface area contributed by atoms with Crippen LogP contribution in [0.5, 0.6) is 0 Å². The van der Waals surface area contributed by atoms with E-state index in [4.69, 9.17) is 11.6 Å². The van der Waals surface area contributed by atoms with Crippen LogP contribution in [0.2, 0.25) is 5.02 Å². The molecule has 22 heavy (non-hydrogen) atoms. The number of esters is 1. The number of carbonyl (C=O) groups is 3. The van der Waals surface area contributed by atoms with Crippen LogP contribution >= 0.6 is 11.6 Å². The highest BCUT2D eigenvalue weighted by molar-refractivity contribution is 6.46. The van der Waals surface area contributed by atoms with E-state index in [-0.39, 0.29) is 5.71 Å². The van der Waals surface area contributed by atoms with Crippen LogP contribution in [-0.4, -0.2) is 36.6 Å². The monoisotopic (exact) mass is 321 g/mol. The molecule has 1 aromatic carbocycles. The summed E-state index contributed by atoms with van der Waals surface area (Å²) in [6, 6.07) is 4.01. The maximum absolute atomic E-state index is 12.6. The SMILES string of the molecule is COC(=O)C1=NN[C@H]2C(=O)N(c3ccc(C)c(Cl)c3)C(=O)[C@H]12. The Morgan fingerprint density at radius 2 is 2.09 bits per heavy atom. The Morgan fingerprint density at radius 3 is 2.73 bits per heavy atom. The van der Waals surface area contributed by atoms with Gasteiger partial charge in [0.1, 0.15) is 12.0 Å². The van der Waals surface area contributed by atoms with Crippen molar-refractivity contribution in [3.8, 4) is 0 Å². The van der Waals surface area contributed by atoms with E-state index in [9.17, 15) is 14.4 Å². The van der Waals surface area contributed by atoms with Gasteiger partial charge in [-0.3, -0.25) is 15.0 Å². The van der Waals surface area contributed by atoms with Crippen LogP contribution in [-0.2, 0) is 19.1 Å². The van der Waals surface area contributed by atoms with Gasteiger partial charge in [0.15, 0.2) is 5.71 Å². The zero-order valence-corrected chi connectivity index (χ0v) is 12.5. The number of hydrogen-bond donors (Lipinski definition) is 1. The smallest absolute Gasteiger partial charge is 0.355 e. The molecule has 0 spiro atoms. The van der Waals surface area contributed by atoms with Crippen molar-refractivity contribution in [2.24, 2.45) is 11.0 Å². The third-order valence-corrected chi connectivity index (χ3v) is 4.14. The lowest BCUT2D eigenvalue weighted by atomic mass is 9.99. The van der Waals surface area contributed by atoms with Gasteiger partial charge in [-0.1, -0.05) is 17.7 Å². The number of amides is 2. The lowest BCUT2D eigenvalue weighted by Crippen LogP contribution is -2.36. The molecule has 0 saturated carbocycles. The van der Waals surface area contributed by atoms with Crippen molar-refractivity contribution in [2.75, 3.05) is 12.0 Å². The van der Waals surface area contributed by atoms with Crippen LogP contribution in [0.15, 0.2) is 23.3 Å². The number of aryl methyl sites for hydroxylation is 1. The minimum Gasteiger partial charge on any atom is -0.464 e. The summed E-state index contributed by atoms with van der Waals surface area (Å²) in [7, 11) is 1.19. The zero-order valence-electron chi connectivity index (χ0n) is 11.8. The largest absolute Gasteiger partial charge is 0.464 e. The number of nitrogens with one attached hydrogen (secondary N) is 1. The van der Waals surface area contributed by atoms with E-state index < -0.39 is 29.7 Å². The minimum atomic E-state index is -0.972. The lowest BCUT2D eigenvalue weighted by Gasteiger charge is -2.16. The van der Waals surface area contributed by atoms with E-state index in [1.807, 2.05) is 6.92 Å². The first kappa shape index (κ1) is 14.5. The topological polar surface area (TPSA) is 88.1 Å². The summed E-state index contributed by atoms with van der Waals surface area (Å²) >= 11 is 6.05. The standard InChI is InChI=1S/C14H12ClN3O4/c1-6-3-4-7(5-8(6)15)18-12(19)9-10(13(18)20)16-17-11(9)14(21)22-2/h3-5,9-10,16H,1-2H3/t9-,10+/m0/s1. The first-order valence-electron chi connectivity index (χ1n) is 6.51. The molecule has 2 atom stereocenters. The summed E-state index contributed by atoms with van der Waals surface area (Å²) in [6.07, 6.45) is 0. The van der Waals surface area contributed by atoms with E-state index in [1.165, 1.54) is 7.11 Å². The molecule has 0 radical (unpaired) electrons. The molecule has 2 aliphatic heterocycles. The van der Waals surface area contributed by atoms with Crippen molar-refractivity contribution in [1.82, 2.24) is 5.43 Å². The molecule has 1 N–H and O–H groups in total. The summed E-state index contributed by atoms with van der Waals surface area (Å²) in [5.41, 5.74) is 3.64. The van der Waals surface area contributed by atoms with Gasteiger partial charge in [-0.2, -0.15) is 5.10 Å². The Hall–Kier alpha value is -2.41. The number of fused-ring (bicyclic) bond motifs is 1. The number of carbonyl (C=O) groups excluding carboxylic acids is 3. The summed E-state index contributed by atoms with van der Waals surface area (Å²) in [5.74, 6) is -2.70. The number of benzene rings is 1. The summed E-state index contributed by atoms with van der Waals surface area (Å²) in [5, 5.41) is 4.20. The number of nitrogens with zero attached hydrogens (tertiary/aromatic N) is 2. The van der Waals surface area contributed by atoms with Gasteiger partial charge in [-0.15, -0.1) is 0 Å². The Balaban J connectivity index is 1.98. The average Bonchev–Trinajstić information content (AvgIpc) is 3.03. The van der Waals surface area contributed by atoms with Crippen molar-refractivity contribution in [3.05, 3.63) is 28.8 Å². The molecule has 8 heteroatoms. The zero-order chi connectivity index (χ0) is 16.0. The van der Waals surface area contributed by atoms with Gasteiger partial charge in [-0.25, -0.2) is 9.69 Å². The van der Waals surface area contributed by atoms with Gasteiger partial charge in [0.2, 0.25) is 5.91 Å². The van der Waals surface area contributed by atoms with Crippen LogP contribution < -0.4 is 10.3 Å².